The zero-order valence-electron chi connectivity index (χ0n) is 12.9. The number of carbonyl (C=O) groups is 1. The Bertz CT molecular complexity index is 637. The molecule has 3 rings (SSSR count). The van der Waals surface area contributed by atoms with E-state index in [0.717, 1.165) is 25.1 Å². The summed E-state index contributed by atoms with van der Waals surface area (Å²) in [5, 5.41) is 4.21. The van der Waals surface area contributed by atoms with Crippen molar-refractivity contribution in [2.24, 2.45) is 12.8 Å². The van der Waals surface area contributed by atoms with Crippen molar-refractivity contribution in [1.82, 2.24) is 14.7 Å². The van der Waals surface area contributed by atoms with Gasteiger partial charge in [0.25, 0.3) is 0 Å². The number of nitrogens with zero attached hydrogens (tertiary/aromatic N) is 3. The third-order valence-electron chi connectivity index (χ3n) is 4.36. The smallest absolute Gasteiger partial charge is 0.224 e. The monoisotopic (exact) mass is 298 g/mol. The lowest BCUT2D eigenvalue weighted by Crippen LogP contribution is -2.31. The second-order valence-corrected chi connectivity index (χ2v) is 5.99. The maximum atomic E-state index is 12.4. The van der Waals surface area contributed by atoms with E-state index >= 15 is 0 Å². The summed E-state index contributed by atoms with van der Waals surface area (Å²) in [4.78, 5) is 14.4. The molecule has 2 aromatic rings. The fourth-order valence-electron chi connectivity index (χ4n) is 3.05. The lowest BCUT2D eigenvalue weighted by atomic mass is 10.0. The Morgan fingerprint density at radius 2 is 2.18 bits per heavy atom. The average Bonchev–Trinajstić information content (AvgIpc) is 3.16. The Balaban J connectivity index is 1.57. The van der Waals surface area contributed by atoms with E-state index in [4.69, 9.17) is 5.73 Å². The fraction of sp³-hybridized carbons (Fsp3) is 0.412. The van der Waals surface area contributed by atoms with Crippen molar-refractivity contribution in [1.29, 1.82) is 0 Å². The normalized spacial score (nSPS) is 19.4. The highest BCUT2D eigenvalue weighted by Gasteiger charge is 2.28. The third kappa shape index (κ3) is 3.20. The summed E-state index contributed by atoms with van der Waals surface area (Å²) in [6.07, 6.45) is 5.30. The molecule has 1 fully saturated rings. The molecule has 1 aliphatic heterocycles. The van der Waals surface area contributed by atoms with Gasteiger partial charge >= 0.3 is 0 Å². The SMILES string of the molecule is Cn1cc(C2CCN(C(=O)CC(N)c3ccccc3)C2)cn1. The van der Waals surface area contributed by atoms with Crippen molar-refractivity contribution in [2.45, 2.75) is 24.8 Å². The van der Waals surface area contributed by atoms with Crippen molar-refractivity contribution in [3.8, 4) is 0 Å². The van der Waals surface area contributed by atoms with E-state index in [1.807, 2.05) is 59.4 Å². The molecule has 22 heavy (non-hydrogen) atoms. The van der Waals surface area contributed by atoms with E-state index in [0.29, 0.717) is 12.3 Å². The van der Waals surface area contributed by atoms with Gasteiger partial charge < -0.3 is 10.6 Å². The first-order chi connectivity index (χ1) is 10.6. The predicted molar refractivity (Wildman–Crippen MR) is 85.1 cm³/mol. The molecule has 1 amide bonds. The Labute approximate surface area is 130 Å². The second kappa shape index (κ2) is 6.32. The minimum Gasteiger partial charge on any atom is -0.342 e. The molecule has 1 aliphatic rings. The van der Waals surface area contributed by atoms with Crippen LogP contribution in [-0.2, 0) is 11.8 Å². The fourth-order valence-corrected chi connectivity index (χ4v) is 3.05. The summed E-state index contributed by atoms with van der Waals surface area (Å²) in [6, 6.07) is 9.57. The summed E-state index contributed by atoms with van der Waals surface area (Å²) in [7, 11) is 1.92. The molecule has 0 bridgehead atoms. The van der Waals surface area contributed by atoms with Gasteiger partial charge in [-0.1, -0.05) is 30.3 Å². The molecule has 2 unspecified atom stereocenters. The number of hydrogen-bond acceptors (Lipinski definition) is 3. The lowest BCUT2D eigenvalue weighted by molar-refractivity contribution is -0.130. The minimum atomic E-state index is -0.230. The summed E-state index contributed by atoms with van der Waals surface area (Å²) < 4.78 is 1.81. The van der Waals surface area contributed by atoms with Crippen molar-refractivity contribution in [2.75, 3.05) is 13.1 Å². The minimum absolute atomic E-state index is 0.141. The Morgan fingerprint density at radius 1 is 1.41 bits per heavy atom. The number of benzene rings is 1. The average molecular weight is 298 g/mol. The van der Waals surface area contributed by atoms with Gasteiger partial charge in [-0.05, 0) is 17.5 Å². The molecule has 2 heterocycles. The number of aromatic nitrogens is 2. The topological polar surface area (TPSA) is 64.2 Å². The van der Waals surface area contributed by atoms with Gasteiger partial charge in [-0.25, -0.2) is 0 Å². The number of nitrogens with two attached hydrogens (primary N) is 1. The highest BCUT2D eigenvalue weighted by molar-refractivity contribution is 5.77. The molecule has 1 aromatic carbocycles. The van der Waals surface area contributed by atoms with Crippen molar-refractivity contribution in [3.05, 3.63) is 53.9 Å². The first kappa shape index (κ1) is 14.8. The van der Waals surface area contributed by atoms with Gasteiger partial charge in [0.2, 0.25) is 5.91 Å². The quantitative estimate of drug-likeness (QED) is 0.936. The zero-order valence-corrected chi connectivity index (χ0v) is 12.9. The molecule has 0 spiro atoms. The Kier molecular flexibility index (Phi) is 4.24. The standard InChI is InChI=1S/C17H22N4O/c1-20-11-15(10-19-20)14-7-8-21(12-14)17(22)9-16(18)13-5-3-2-4-6-13/h2-6,10-11,14,16H,7-9,12,18H2,1H3. The highest BCUT2D eigenvalue weighted by Crippen LogP contribution is 2.28. The molecule has 5 nitrogen and oxygen atoms in total. The molecule has 2 atom stereocenters. The van der Waals surface area contributed by atoms with Gasteiger partial charge in [-0.2, -0.15) is 5.10 Å². The molecule has 1 saturated heterocycles. The first-order valence-electron chi connectivity index (χ1n) is 7.70. The van der Waals surface area contributed by atoms with Crippen LogP contribution in [0, 0.1) is 0 Å². The lowest BCUT2D eigenvalue weighted by Gasteiger charge is -2.19. The molecule has 2 N–H and O–H groups in total. The van der Waals surface area contributed by atoms with Crippen LogP contribution >= 0.6 is 0 Å². The molecule has 116 valence electrons. The number of hydrogen-bond donors (Lipinski definition) is 1. The molecular weight excluding hydrogens is 276 g/mol. The van der Waals surface area contributed by atoms with E-state index in [1.165, 1.54) is 5.56 Å². The van der Waals surface area contributed by atoms with Crippen molar-refractivity contribution < 1.29 is 4.79 Å². The summed E-state index contributed by atoms with van der Waals surface area (Å²) in [5.74, 6) is 0.536. The second-order valence-electron chi connectivity index (χ2n) is 5.99. The number of likely N-dealkylation sites (tertiary alicyclic amines) is 1. The van der Waals surface area contributed by atoms with E-state index in [-0.39, 0.29) is 11.9 Å². The van der Waals surface area contributed by atoms with Gasteiger partial charge in [-0.15, -0.1) is 0 Å². The van der Waals surface area contributed by atoms with Gasteiger partial charge in [0, 0.05) is 44.7 Å². The summed E-state index contributed by atoms with van der Waals surface area (Å²) in [6.45, 7) is 1.58. The van der Waals surface area contributed by atoms with E-state index in [1.54, 1.807) is 0 Å². The van der Waals surface area contributed by atoms with Crippen LogP contribution in [0.2, 0.25) is 0 Å². The van der Waals surface area contributed by atoms with Gasteiger partial charge in [-0.3, -0.25) is 9.48 Å². The molecule has 0 saturated carbocycles. The Morgan fingerprint density at radius 3 is 2.86 bits per heavy atom. The maximum absolute atomic E-state index is 12.4. The molecular formula is C17H22N4O. The van der Waals surface area contributed by atoms with Crippen LogP contribution in [0.25, 0.3) is 0 Å². The first-order valence-corrected chi connectivity index (χ1v) is 7.70. The zero-order chi connectivity index (χ0) is 15.5. The van der Waals surface area contributed by atoms with E-state index < -0.39 is 0 Å². The number of carbonyl (C=O) groups excluding carboxylic acids is 1. The van der Waals surface area contributed by atoms with Gasteiger partial charge in [0.05, 0.1) is 6.20 Å². The van der Waals surface area contributed by atoms with Crippen LogP contribution in [-0.4, -0.2) is 33.7 Å². The van der Waals surface area contributed by atoms with Crippen molar-refractivity contribution in [3.63, 3.8) is 0 Å². The van der Waals surface area contributed by atoms with Crippen LogP contribution in [0.4, 0.5) is 0 Å². The molecule has 0 aliphatic carbocycles. The van der Waals surface area contributed by atoms with Crippen LogP contribution in [0.5, 0.6) is 0 Å². The molecule has 0 radical (unpaired) electrons. The third-order valence-corrected chi connectivity index (χ3v) is 4.36. The summed E-state index contributed by atoms with van der Waals surface area (Å²) >= 11 is 0. The van der Waals surface area contributed by atoms with Crippen LogP contribution in [0.3, 0.4) is 0 Å². The van der Waals surface area contributed by atoms with E-state index in [9.17, 15) is 4.79 Å². The van der Waals surface area contributed by atoms with Gasteiger partial charge in [0.1, 0.15) is 0 Å². The predicted octanol–water partition coefficient (Wildman–Crippen LogP) is 1.83. The van der Waals surface area contributed by atoms with Crippen LogP contribution in [0.15, 0.2) is 42.7 Å². The van der Waals surface area contributed by atoms with E-state index in [2.05, 4.69) is 5.10 Å². The molecule has 5 heteroatoms. The number of amides is 1. The van der Waals surface area contributed by atoms with Gasteiger partial charge in [0.15, 0.2) is 0 Å². The summed E-state index contributed by atoms with van der Waals surface area (Å²) in [5.41, 5.74) is 8.38. The van der Waals surface area contributed by atoms with Crippen LogP contribution < -0.4 is 5.73 Å². The maximum Gasteiger partial charge on any atom is 0.224 e. The van der Waals surface area contributed by atoms with Crippen molar-refractivity contribution >= 4 is 5.91 Å². The van der Waals surface area contributed by atoms with Crippen LogP contribution in [0.1, 0.15) is 35.9 Å². The number of rotatable bonds is 4. The largest absolute Gasteiger partial charge is 0.342 e. The Hall–Kier alpha value is -2.14. The molecule has 1 aromatic heterocycles. The highest BCUT2D eigenvalue weighted by atomic mass is 16.2. The number of aryl methyl sites for hydroxylation is 1.